The SMILES string of the molecule is COc1cscc1COc1ccccc1N1CCN(CCCCNC(=O)c2ccccc2)CC1. The number of thiophene rings is 1. The lowest BCUT2D eigenvalue weighted by Crippen LogP contribution is -2.46. The van der Waals surface area contributed by atoms with Crippen LogP contribution in [0.2, 0.25) is 0 Å². The standard InChI is InChI=1S/C27H33N3O3S/c1-32-26-21-34-20-23(26)19-33-25-12-6-5-11-24(25)30-17-15-29(16-18-30)14-8-7-13-28-27(31)22-9-3-2-4-10-22/h2-6,9-12,20-21H,7-8,13-19H2,1H3,(H,28,31). The molecule has 6 nitrogen and oxygen atoms in total. The van der Waals surface area contributed by atoms with Gasteiger partial charge in [-0.1, -0.05) is 30.3 Å². The first-order chi connectivity index (χ1) is 16.7. The average Bonchev–Trinajstić information content (AvgIpc) is 3.36. The van der Waals surface area contributed by atoms with E-state index < -0.39 is 0 Å². The van der Waals surface area contributed by atoms with Crippen molar-refractivity contribution >= 4 is 22.9 Å². The van der Waals surface area contributed by atoms with E-state index in [1.165, 1.54) is 0 Å². The molecule has 0 saturated carbocycles. The Morgan fingerprint density at radius 2 is 1.71 bits per heavy atom. The lowest BCUT2D eigenvalue weighted by Gasteiger charge is -2.36. The van der Waals surface area contributed by atoms with Gasteiger partial charge in [0, 0.05) is 54.6 Å². The number of piperazine rings is 1. The number of unbranched alkanes of at least 4 members (excludes halogenated alkanes) is 1. The van der Waals surface area contributed by atoms with Crippen molar-refractivity contribution in [1.82, 2.24) is 10.2 Å². The van der Waals surface area contributed by atoms with Crippen LogP contribution in [-0.4, -0.2) is 57.2 Å². The molecule has 3 aromatic rings. The van der Waals surface area contributed by atoms with Crippen molar-refractivity contribution in [3.63, 3.8) is 0 Å². The van der Waals surface area contributed by atoms with Gasteiger partial charge >= 0.3 is 0 Å². The number of nitrogens with zero attached hydrogens (tertiary/aromatic N) is 2. The average molecular weight is 480 g/mol. The number of anilines is 1. The molecule has 0 spiro atoms. The van der Waals surface area contributed by atoms with E-state index in [9.17, 15) is 4.79 Å². The van der Waals surface area contributed by atoms with Crippen LogP contribution in [0.5, 0.6) is 11.5 Å². The summed E-state index contributed by atoms with van der Waals surface area (Å²) in [6.45, 7) is 6.30. The molecule has 1 aromatic heterocycles. The first-order valence-corrected chi connectivity index (χ1v) is 12.8. The summed E-state index contributed by atoms with van der Waals surface area (Å²) in [4.78, 5) is 17.0. The normalized spacial score (nSPS) is 14.1. The maximum absolute atomic E-state index is 12.1. The topological polar surface area (TPSA) is 54.0 Å². The molecule has 1 amide bonds. The summed E-state index contributed by atoms with van der Waals surface area (Å²) in [6.07, 6.45) is 2.07. The van der Waals surface area contributed by atoms with Gasteiger partial charge in [-0.15, -0.1) is 11.3 Å². The van der Waals surface area contributed by atoms with Crippen molar-refractivity contribution in [3.8, 4) is 11.5 Å². The summed E-state index contributed by atoms with van der Waals surface area (Å²) < 4.78 is 11.6. The Labute approximate surface area is 206 Å². The van der Waals surface area contributed by atoms with Gasteiger partial charge in [-0.05, 0) is 43.7 Å². The van der Waals surface area contributed by atoms with Gasteiger partial charge in [0.2, 0.25) is 0 Å². The molecule has 0 unspecified atom stereocenters. The Bertz CT molecular complexity index is 1030. The monoisotopic (exact) mass is 479 g/mol. The van der Waals surface area contributed by atoms with Gasteiger partial charge in [-0.3, -0.25) is 9.69 Å². The smallest absolute Gasteiger partial charge is 0.251 e. The van der Waals surface area contributed by atoms with E-state index in [4.69, 9.17) is 9.47 Å². The van der Waals surface area contributed by atoms with E-state index in [2.05, 4.69) is 32.6 Å². The quantitative estimate of drug-likeness (QED) is 0.405. The van der Waals surface area contributed by atoms with Gasteiger partial charge in [0.05, 0.1) is 12.8 Å². The predicted octanol–water partition coefficient (Wildman–Crippen LogP) is 4.67. The number of para-hydroxylation sites is 2. The van der Waals surface area contributed by atoms with E-state index in [1.54, 1.807) is 18.4 Å². The lowest BCUT2D eigenvalue weighted by molar-refractivity contribution is 0.0952. The second-order valence-electron chi connectivity index (χ2n) is 8.38. The Kier molecular flexibility index (Phi) is 8.82. The van der Waals surface area contributed by atoms with Crippen molar-refractivity contribution in [3.05, 3.63) is 76.5 Å². The minimum absolute atomic E-state index is 0.00698. The summed E-state index contributed by atoms with van der Waals surface area (Å²) in [7, 11) is 1.69. The number of nitrogens with one attached hydrogen (secondary N) is 1. The maximum Gasteiger partial charge on any atom is 0.251 e. The third kappa shape index (κ3) is 6.52. The number of methoxy groups -OCH3 is 1. The minimum Gasteiger partial charge on any atom is -0.495 e. The van der Waals surface area contributed by atoms with Crippen LogP contribution in [0.3, 0.4) is 0 Å². The van der Waals surface area contributed by atoms with E-state index in [0.717, 1.165) is 73.9 Å². The molecule has 1 saturated heterocycles. The van der Waals surface area contributed by atoms with E-state index in [-0.39, 0.29) is 5.91 Å². The van der Waals surface area contributed by atoms with Crippen LogP contribution in [0, 0.1) is 0 Å². The van der Waals surface area contributed by atoms with Gasteiger partial charge in [0.1, 0.15) is 18.1 Å². The largest absolute Gasteiger partial charge is 0.495 e. The Morgan fingerprint density at radius 3 is 2.50 bits per heavy atom. The molecule has 0 radical (unpaired) electrons. The lowest BCUT2D eigenvalue weighted by atomic mass is 10.2. The molecular weight excluding hydrogens is 446 g/mol. The molecule has 1 aliphatic heterocycles. The summed E-state index contributed by atoms with van der Waals surface area (Å²) in [6, 6.07) is 17.7. The first kappa shape index (κ1) is 24.1. The third-order valence-corrected chi connectivity index (χ3v) is 6.88. The Hall–Kier alpha value is -3.03. The molecule has 34 heavy (non-hydrogen) atoms. The zero-order valence-electron chi connectivity index (χ0n) is 19.7. The fourth-order valence-electron chi connectivity index (χ4n) is 4.16. The summed E-state index contributed by atoms with van der Waals surface area (Å²) in [5.74, 6) is 1.81. The van der Waals surface area contributed by atoms with Crippen molar-refractivity contribution in [2.24, 2.45) is 0 Å². The molecule has 2 aromatic carbocycles. The molecule has 0 aliphatic carbocycles. The summed E-state index contributed by atoms with van der Waals surface area (Å²) >= 11 is 1.63. The number of carbonyl (C=O) groups excluding carboxylic acids is 1. The fraction of sp³-hybridized carbons (Fsp3) is 0.370. The van der Waals surface area contributed by atoms with Crippen LogP contribution < -0.4 is 19.7 Å². The number of rotatable bonds is 11. The van der Waals surface area contributed by atoms with E-state index in [1.807, 2.05) is 47.8 Å². The van der Waals surface area contributed by atoms with Gasteiger partial charge in [-0.25, -0.2) is 0 Å². The van der Waals surface area contributed by atoms with Crippen LogP contribution >= 0.6 is 11.3 Å². The molecule has 2 heterocycles. The van der Waals surface area contributed by atoms with Crippen LogP contribution in [0.15, 0.2) is 65.4 Å². The zero-order valence-corrected chi connectivity index (χ0v) is 20.6. The van der Waals surface area contributed by atoms with Crippen molar-refractivity contribution in [2.75, 3.05) is 51.3 Å². The zero-order chi connectivity index (χ0) is 23.6. The number of amides is 1. The molecule has 4 rings (SSSR count). The molecule has 7 heteroatoms. The van der Waals surface area contributed by atoms with Crippen LogP contribution in [0.4, 0.5) is 5.69 Å². The molecule has 1 N–H and O–H groups in total. The first-order valence-electron chi connectivity index (χ1n) is 11.9. The highest BCUT2D eigenvalue weighted by molar-refractivity contribution is 7.08. The number of ether oxygens (including phenoxy) is 2. The second-order valence-corrected chi connectivity index (χ2v) is 9.12. The number of carbonyl (C=O) groups is 1. The number of hydrogen-bond acceptors (Lipinski definition) is 6. The molecule has 1 fully saturated rings. The van der Waals surface area contributed by atoms with Crippen molar-refractivity contribution in [2.45, 2.75) is 19.4 Å². The molecule has 1 aliphatic rings. The van der Waals surface area contributed by atoms with Gasteiger partial charge in [-0.2, -0.15) is 0 Å². The van der Waals surface area contributed by atoms with Crippen molar-refractivity contribution < 1.29 is 14.3 Å². The minimum atomic E-state index is 0.00698. The highest BCUT2D eigenvalue weighted by Crippen LogP contribution is 2.31. The van der Waals surface area contributed by atoms with Gasteiger partial charge in [0.25, 0.3) is 5.91 Å². The third-order valence-electron chi connectivity index (χ3n) is 6.11. The molecule has 180 valence electrons. The van der Waals surface area contributed by atoms with E-state index >= 15 is 0 Å². The molecule has 0 bridgehead atoms. The molecular formula is C27H33N3O3S. The predicted molar refractivity (Wildman–Crippen MR) is 138 cm³/mol. The number of benzene rings is 2. The van der Waals surface area contributed by atoms with Crippen LogP contribution in [0.1, 0.15) is 28.8 Å². The summed E-state index contributed by atoms with van der Waals surface area (Å²) in [5, 5.41) is 7.09. The second kappa shape index (κ2) is 12.4. The van der Waals surface area contributed by atoms with Gasteiger partial charge in [0.15, 0.2) is 0 Å². The number of hydrogen-bond donors (Lipinski definition) is 1. The fourth-order valence-corrected chi connectivity index (χ4v) is 4.95. The Balaban J connectivity index is 1.18. The molecule has 0 atom stereocenters. The Morgan fingerprint density at radius 1 is 0.941 bits per heavy atom. The highest BCUT2D eigenvalue weighted by atomic mass is 32.1. The van der Waals surface area contributed by atoms with Gasteiger partial charge < -0.3 is 19.7 Å². The van der Waals surface area contributed by atoms with Crippen molar-refractivity contribution in [1.29, 1.82) is 0 Å². The van der Waals surface area contributed by atoms with Crippen LogP contribution in [-0.2, 0) is 6.61 Å². The van der Waals surface area contributed by atoms with Crippen LogP contribution in [0.25, 0.3) is 0 Å². The highest BCUT2D eigenvalue weighted by Gasteiger charge is 2.19. The maximum atomic E-state index is 12.1. The van der Waals surface area contributed by atoms with E-state index in [0.29, 0.717) is 13.2 Å². The summed E-state index contributed by atoms with van der Waals surface area (Å²) in [5.41, 5.74) is 2.95.